The van der Waals surface area contributed by atoms with Crippen molar-refractivity contribution in [1.82, 2.24) is 0 Å². The van der Waals surface area contributed by atoms with E-state index in [0.29, 0.717) is 48.9 Å². The minimum Gasteiger partial charge on any atom is -0.446 e. The summed E-state index contributed by atoms with van der Waals surface area (Å²) in [5.41, 5.74) is 2.90. The van der Waals surface area contributed by atoms with Gasteiger partial charge in [-0.2, -0.15) is 0 Å². The van der Waals surface area contributed by atoms with Crippen LogP contribution in [0.1, 0.15) is 39.5 Å². The molecule has 0 spiro atoms. The molecule has 1 saturated heterocycles. The Morgan fingerprint density at radius 3 is 2.28 bits per heavy atom. The van der Waals surface area contributed by atoms with Gasteiger partial charge in [0.15, 0.2) is 9.84 Å². The van der Waals surface area contributed by atoms with Gasteiger partial charge in [0.25, 0.3) is 0 Å². The van der Waals surface area contributed by atoms with Gasteiger partial charge in [-0.05, 0) is 61.1 Å². The lowest BCUT2D eigenvalue weighted by molar-refractivity contribution is -0.117. The number of hydrogen-bond donors (Lipinski definition) is 0. The van der Waals surface area contributed by atoms with Gasteiger partial charge >= 0.3 is 6.09 Å². The molecule has 192 valence electrons. The molecular formula is C27H32N2O6S. The summed E-state index contributed by atoms with van der Waals surface area (Å²) in [6.45, 7) is 4.88. The third kappa shape index (κ3) is 5.13. The first-order valence-corrected chi connectivity index (χ1v) is 14.2. The number of amides is 2. The minimum atomic E-state index is -3.29. The Labute approximate surface area is 212 Å². The number of fused-ring (bicyclic) bond motifs is 1. The normalized spacial score (nSPS) is 20.7. The van der Waals surface area contributed by atoms with Crippen molar-refractivity contribution >= 4 is 33.2 Å². The van der Waals surface area contributed by atoms with Crippen LogP contribution in [-0.2, 0) is 24.1 Å². The Balaban J connectivity index is 1.45. The van der Waals surface area contributed by atoms with Gasteiger partial charge in [-0.1, -0.05) is 18.2 Å². The first kappa shape index (κ1) is 24.8. The molecule has 0 bridgehead atoms. The van der Waals surface area contributed by atoms with Gasteiger partial charge in [0.05, 0.1) is 41.3 Å². The zero-order valence-corrected chi connectivity index (χ0v) is 21.5. The van der Waals surface area contributed by atoms with Crippen LogP contribution in [-0.4, -0.2) is 58.1 Å². The average Bonchev–Trinajstić information content (AvgIpc) is 3.67. The largest absolute Gasteiger partial charge is 0.446 e. The van der Waals surface area contributed by atoms with Crippen molar-refractivity contribution in [2.75, 3.05) is 35.3 Å². The van der Waals surface area contributed by atoms with Gasteiger partial charge in [-0.15, -0.1) is 0 Å². The molecule has 0 aromatic heterocycles. The third-order valence-electron chi connectivity index (χ3n) is 7.11. The van der Waals surface area contributed by atoms with E-state index >= 15 is 0 Å². The second-order valence-electron chi connectivity index (χ2n) is 10.00. The highest BCUT2D eigenvalue weighted by Gasteiger charge is 2.36. The molecule has 36 heavy (non-hydrogen) atoms. The zero-order chi connectivity index (χ0) is 25.4. The molecule has 9 heteroatoms. The van der Waals surface area contributed by atoms with Crippen molar-refractivity contribution < 1.29 is 27.5 Å². The second-order valence-corrected chi connectivity index (χ2v) is 12.0. The van der Waals surface area contributed by atoms with E-state index in [1.54, 1.807) is 34.1 Å². The van der Waals surface area contributed by atoms with Gasteiger partial charge in [0, 0.05) is 26.3 Å². The molecule has 2 amide bonds. The predicted molar refractivity (Wildman–Crippen MR) is 137 cm³/mol. The lowest BCUT2D eigenvalue weighted by Crippen LogP contribution is -2.52. The molecule has 5 rings (SSSR count). The first-order valence-electron chi connectivity index (χ1n) is 12.6. The quantitative estimate of drug-likeness (QED) is 0.589. The number of sulfone groups is 1. The predicted octanol–water partition coefficient (Wildman–Crippen LogP) is 4.41. The number of hydrogen-bond acceptors (Lipinski definition) is 6. The molecule has 2 aromatic rings. The van der Waals surface area contributed by atoms with Crippen molar-refractivity contribution in [3.05, 3.63) is 42.5 Å². The van der Waals surface area contributed by atoms with E-state index < -0.39 is 15.9 Å². The monoisotopic (exact) mass is 512 g/mol. The van der Waals surface area contributed by atoms with Crippen LogP contribution in [0.15, 0.2) is 47.4 Å². The number of ether oxygens (including phenoxy) is 2. The Kier molecular flexibility index (Phi) is 6.78. The highest BCUT2D eigenvalue weighted by molar-refractivity contribution is 7.91. The van der Waals surface area contributed by atoms with Crippen LogP contribution in [0.5, 0.6) is 0 Å². The third-order valence-corrected chi connectivity index (χ3v) is 9.01. The van der Waals surface area contributed by atoms with Gasteiger partial charge in [-0.3, -0.25) is 9.69 Å². The van der Waals surface area contributed by atoms with Crippen molar-refractivity contribution in [2.24, 2.45) is 5.92 Å². The number of rotatable bonds is 5. The molecule has 2 heterocycles. The highest BCUT2D eigenvalue weighted by Crippen LogP contribution is 2.40. The van der Waals surface area contributed by atoms with Crippen molar-refractivity contribution in [1.29, 1.82) is 0 Å². The summed E-state index contributed by atoms with van der Waals surface area (Å²) in [7, 11) is -3.29. The number of carbonyl (C=O) groups is 2. The molecule has 1 aliphatic carbocycles. The molecule has 3 aliphatic rings. The molecule has 2 fully saturated rings. The zero-order valence-electron chi connectivity index (χ0n) is 20.7. The van der Waals surface area contributed by atoms with Crippen LogP contribution in [0.25, 0.3) is 11.1 Å². The van der Waals surface area contributed by atoms with Gasteiger partial charge in [-0.25, -0.2) is 13.2 Å². The summed E-state index contributed by atoms with van der Waals surface area (Å²) in [5, 5.41) is 0. The van der Waals surface area contributed by atoms with Crippen LogP contribution < -0.4 is 9.80 Å². The summed E-state index contributed by atoms with van der Waals surface area (Å²) in [5.74, 6) is 0.391. The lowest BCUT2D eigenvalue weighted by Gasteiger charge is -2.41. The van der Waals surface area contributed by atoms with Gasteiger partial charge < -0.3 is 14.4 Å². The van der Waals surface area contributed by atoms with Gasteiger partial charge in [0.1, 0.15) is 6.10 Å². The maximum absolute atomic E-state index is 13.2. The number of nitrogens with zero attached hydrogens (tertiary/aromatic N) is 2. The molecule has 0 N–H and O–H groups in total. The van der Waals surface area contributed by atoms with E-state index in [-0.39, 0.29) is 29.7 Å². The van der Waals surface area contributed by atoms with Crippen molar-refractivity contribution in [2.45, 2.75) is 56.6 Å². The lowest BCUT2D eigenvalue weighted by atomic mass is 10.0. The van der Waals surface area contributed by atoms with Crippen LogP contribution >= 0.6 is 0 Å². The SMILES string of the molecule is CC(=O)N1c2ccc(-c3ccc(S(=O)(=O)CC4CC4)cc3)cc2N(C(=O)OC2CCOCC2)C[C@@H]1C. The molecule has 8 nitrogen and oxygen atoms in total. The van der Waals surface area contributed by atoms with Crippen molar-refractivity contribution in [3.63, 3.8) is 0 Å². The molecule has 0 radical (unpaired) electrons. The number of carbonyl (C=O) groups excluding carboxylic acids is 2. The Bertz CT molecular complexity index is 1250. The van der Waals surface area contributed by atoms with E-state index in [2.05, 4.69) is 0 Å². The Morgan fingerprint density at radius 2 is 1.64 bits per heavy atom. The molecule has 2 aliphatic heterocycles. The Hall–Kier alpha value is -2.91. The summed E-state index contributed by atoms with van der Waals surface area (Å²) < 4.78 is 36.4. The molecule has 0 unspecified atom stereocenters. The Morgan fingerprint density at radius 1 is 0.972 bits per heavy atom. The van der Waals surface area contributed by atoms with Crippen molar-refractivity contribution in [3.8, 4) is 11.1 Å². The minimum absolute atomic E-state index is 0.0980. The number of anilines is 2. The van der Waals surface area contributed by atoms with Crippen LogP contribution in [0.3, 0.4) is 0 Å². The van der Waals surface area contributed by atoms with Crippen LogP contribution in [0.4, 0.5) is 16.2 Å². The smallest absolute Gasteiger partial charge is 0.414 e. The maximum atomic E-state index is 13.2. The van der Waals surface area contributed by atoms with E-state index in [1.807, 2.05) is 25.1 Å². The molecule has 2 aromatic carbocycles. The standard InChI is InChI=1S/C27H32N2O6S/c1-18-16-28(27(31)35-23-11-13-34-14-12-23)26-15-22(7-10-25(26)29(18)19(2)30)21-5-8-24(9-6-21)36(32,33)17-20-3-4-20/h5-10,15,18,20,23H,3-4,11-14,16-17H2,1-2H3/t18-/m0/s1. The fraction of sp³-hybridized carbons (Fsp3) is 0.481. The summed E-state index contributed by atoms with van der Waals surface area (Å²) in [6.07, 6.45) is 2.67. The first-order chi connectivity index (χ1) is 17.2. The summed E-state index contributed by atoms with van der Waals surface area (Å²) in [4.78, 5) is 29.3. The molecule has 1 atom stereocenters. The van der Waals surface area contributed by atoms with Crippen LogP contribution in [0, 0.1) is 5.92 Å². The topological polar surface area (TPSA) is 93.2 Å². The van der Waals surface area contributed by atoms with E-state index in [9.17, 15) is 18.0 Å². The maximum Gasteiger partial charge on any atom is 0.414 e. The van der Waals surface area contributed by atoms with E-state index in [1.165, 1.54) is 6.92 Å². The van der Waals surface area contributed by atoms with Gasteiger partial charge in [0.2, 0.25) is 5.91 Å². The fourth-order valence-electron chi connectivity index (χ4n) is 5.00. The fourth-order valence-corrected chi connectivity index (χ4v) is 6.70. The second kappa shape index (κ2) is 9.86. The summed E-state index contributed by atoms with van der Waals surface area (Å²) >= 11 is 0. The highest BCUT2D eigenvalue weighted by atomic mass is 32.2. The van der Waals surface area contributed by atoms with E-state index in [4.69, 9.17) is 9.47 Å². The number of benzene rings is 2. The average molecular weight is 513 g/mol. The molecular weight excluding hydrogens is 480 g/mol. The molecule has 1 saturated carbocycles. The van der Waals surface area contributed by atoms with E-state index in [0.717, 1.165) is 24.0 Å². The van der Waals surface area contributed by atoms with Crippen LogP contribution in [0.2, 0.25) is 0 Å². The summed E-state index contributed by atoms with van der Waals surface area (Å²) in [6, 6.07) is 12.3.